The van der Waals surface area contributed by atoms with Crippen molar-refractivity contribution < 1.29 is 13.2 Å². The van der Waals surface area contributed by atoms with Gasteiger partial charge in [-0.25, -0.2) is 8.42 Å². The van der Waals surface area contributed by atoms with E-state index in [-0.39, 0.29) is 18.5 Å². The van der Waals surface area contributed by atoms with E-state index in [2.05, 4.69) is 5.32 Å². The van der Waals surface area contributed by atoms with Crippen molar-refractivity contribution in [3.8, 4) is 0 Å². The molecule has 0 aliphatic carbocycles. The molecule has 162 valence electrons. The predicted molar refractivity (Wildman–Crippen MR) is 126 cm³/mol. The van der Waals surface area contributed by atoms with E-state index in [1.807, 2.05) is 69.3 Å². The van der Waals surface area contributed by atoms with E-state index in [0.29, 0.717) is 11.3 Å². The summed E-state index contributed by atoms with van der Waals surface area (Å²) in [6, 6.07) is 22.3. The molecule has 0 spiro atoms. The van der Waals surface area contributed by atoms with Crippen LogP contribution in [0.1, 0.15) is 45.6 Å². The first-order chi connectivity index (χ1) is 14.6. The molecule has 0 bridgehead atoms. The summed E-state index contributed by atoms with van der Waals surface area (Å²) in [5, 5.41) is 2.99. The first-order valence-electron chi connectivity index (χ1n) is 10.1. The molecule has 3 aromatic rings. The standard InChI is InChI=1S/C25H28N2O3S/c1-18-10-15-24(16-19(18)2)27(31(4,29)30)17-21-11-13-23(14-12-21)25(28)26-20(3)22-8-6-5-7-9-22/h5-16,20H,17H2,1-4H3,(H,26,28)/t20-/m0/s1. The number of hydrogen-bond acceptors (Lipinski definition) is 3. The van der Waals surface area contributed by atoms with E-state index in [9.17, 15) is 13.2 Å². The highest BCUT2D eigenvalue weighted by molar-refractivity contribution is 7.92. The molecule has 6 heteroatoms. The molecule has 1 atom stereocenters. The van der Waals surface area contributed by atoms with Crippen LogP contribution in [-0.2, 0) is 16.6 Å². The fourth-order valence-electron chi connectivity index (χ4n) is 3.31. The highest BCUT2D eigenvalue weighted by Gasteiger charge is 2.19. The minimum Gasteiger partial charge on any atom is -0.346 e. The number of carbonyl (C=O) groups excluding carboxylic acids is 1. The van der Waals surface area contributed by atoms with Gasteiger partial charge in [-0.15, -0.1) is 0 Å². The van der Waals surface area contributed by atoms with Gasteiger partial charge in [0.25, 0.3) is 5.91 Å². The van der Waals surface area contributed by atoms with Crippen LogP contribution in [0.15, 0.2) is 72.8 Å². The minimum atomic E-state index is -3.46. The lowest BCUT2D eigenvalue weighted by molar-refractivity contribution is 0.0940. The molecule has 0 unspecified atom stereocenters. The van der Waals surface area contributed by atoms with Crippen molar-refractivity contribution >= 4 is 21.6 Å². The Bertz CT molecular complexity index is 1160. The zero-order valence-corrected chi connectivity index (χ0v) is 19.1. The van der Waals surface area contributed by atoms with E-state index < -0.39 is 10.0 Å². The minimum absolute atomic E-state index is 0.112. The van der Waals surface area contributed by atoms with E-state index in [4.69, 9.17) is 0 Å². The summed E-state index contributed by atoms with van der Waals surface area (Å²) in [7, 11) is -3.46. The normalized spacial score (nSPS) is 12.3. The summed E-state index contributed by atoms with van der Waals surface area (Å²) in [6.45, 7) is 6.09. The molecule has 5 nitrogen and oxygen atoms in total. The van der Waals surface area contributed by atoms with Crippen LogP contribution in [0, 0.1) is 13.8 Å². The van der Waals surface area contributed by atoms with Gasteiger partial charge in [0.05, 0.1) is 24.5 Å². The van der Waals surface area contributed by atoms with Crippen molar-refractivity contribution in [1.29, 1.82) is 0 Å². The summed E-state index contributed by atoms with van der Waals surface area (Å²) in [6.07, 6.45) is 1.20. The van der Waals surface area contributed by atoms with Gasteiger partial charge >= 0.3 is 0 Å². The molecular formula is C25H28N2O3S. The lowest BCUT2D eigenvalue weighted by Gasteiger charge is -2.23. The number of nitrogens with zero attached hydrogens (tertiary/aromatic N) is 1. The van der Waals surface area contributed by atoms with Crippen LogP contribution in [0.4, 0.5) is 5.69 Å². The third-order valence-electron chi connectivity index (χ3n) is 5.37. The number of anilines is 1. The zero-order chi connectivity index (χ0) is 22.6. The fourth-order valence-corrected chi connectivity index (χ4v) is 4.19. The predicted octanol–water partition coefficient (Wildman–Crippen LogP) is 4.76. The molecule has 3 rings (SSSR count). The molecule has 31 heavy (non-hydrogen) atoms. The summed E-state index contributed by atoms with van der Waals surface area (Å²) in [5.41, 5.74) is 5.14. The Morgan fingerprint density at radius 2 is 1.58 bits per heavy atom. The maximum atomic E-state index is 12.6. The second-order valence-corrected chi connectivity index (χ2v) is 9.75. The lowest BCUT2D eigenvalue weighted by Crippen LogP contribution is -2.29. The maximum absolute atomic E-state index is 12.6. The van der Waals surface area contributed by atoms with Gasteiger partial charge in [-0.05, 0) is 67.3 Å². The molecule has 1 amide bonds. The Balaban J connectivity index is 1.75. The molecule has 0 saturated carbocycles. The maximum Gasteiger partial charge on any atom is 0.251 e. The Morgan fingerprint density at radius 3 is 2.16 bits per heavy atom. The summed E-state index contributed by atoms with van der Waals surface area (Å²) < 4.78 is 26.2. The Labute approximate surface area is 184 Å². The number of hydrogen-bond donors (Lipinski definition) is 1. The van der Waals surface area contributed by atoms with Gasteiger partial charge in [-0.2, -0.15) is 0 Å². The molecule has 0 aromatic heterocycles. The first kappa shape index (κ1) is 22.6. The highest BCUT2D eigenvalue weighted by Crippen LogP contribution is 2.23. The smallest absolute Gasteiger partial charge is 0.251 e. The third kappa shape index (κ3) is 5.73. The van der Waals surface area contributed by atoms with E-state index >= 15 is 0 Å². The average Bonchev–Trinajstić information content (AvgIpc) is 2.74. The molecule has 1 N–H and O–H groups in total. The molecular weight excluding hydrogens is 408 g/mol. The third-order valence-corrected chi connectivity index (χ3v) is 6.51. The van der Waals surface area contributed by atoms with Crippen molar-refractivity contribution in [2.75, 3.05) is 10.6 Å². The SMILES string of the molecule is Cc1ccc(N(Cc2ccc(C(=O)N[C@@H](C)c3ccccc3)cc2)S(C)(=O)=O)cc1C. The van der Waals surface area contributed by atoms with Crippen LogP contribution in [-0.4, -0.2) is 20.6 Å². The molecule has 0 saturated heterocycles. The van der Waals surface area contributed by atoms with Crippen LogP contribution in [0.25, 0.3) is 0 Å². The quantitative estimate of drug-likeness (QED) is 0.581. The van der Waals surface area contributed by atoms with Gasteiger partial charge in [-0.3, -0.25) is 9.10 Å². The number of aryl methyl sites for hydroxylation is 2. The Kier molecular flexibility index (Phi) is 6.81. The van der Waals surface area contributed by atoms with Crippen molar-refractivity contribution in [2.45, 2.75) is 33.4 Å². The zero-order valence-electron chi connectivity index (χ0n) is 18.3. The molecule has 0 heterocycles. The van der Waals surface area contributed by atoms with E-state index in [1.165, 1.54) is 10.6 Å². The van der Waals surface area contributed by atoms with Gasteiger partial charge < -0.3 is 5.32 Å². The van der Waals surface area contributed by atoms with Gasteiger partial charge in [0.2, 0.25) is 10.0 Å². The lowest BCUT2D eigenvalue weighted by atomic mass is 10.1. The first-order valence-corrected chi connectivity index (χ1v) is 12.0. The Morgan fingerprint density at radius 1 is 0.935 bits per heavy atom. The average molecular weight is 437 g/mol. The molecule has 0 radical (unpaired) electrons. The van der Waals surface area contributed by atoms with E-state index in [1.54, 1.807) is 24.3 Å². The van der Waals surface area contributed by atoms with E-state index in [0.717, 1.165) is 22.3 Å². The van der Waals surface area contributed by atoms with Crippen LogP contribution in [0.3, 0.4) is 0 Å². The monoisotopic (exact) mass is 436 g/mol. The molecule has 3 aromatic carbocycles. The number of sulfonamides is 1. The molecule has 0 aliphatic heterocycles. The Hall–Kier alpha value is -3.12. The largest absolute Gasteiger partial charge is 0.346 e. The van der Waals surface area contributed by atoms with Crippen molar-refractivity contribution in [3.05, 3.63) is 101 Å². The number of nitrogens with one attached hydrogen (secondary N) is 1. The highest BCUT2D eigenvalue weighted by atomic mass is 32.2. The molecule has 0 aliphatic rings. The number of rotatable bonds is 7. The number of amides is 1. The van der Waals surface area contributed by atoms with Crippen LogP contribution >= 0.6 is 0 Å². The second kappa shape index (κ2) is 9.35. The van der Waals surface area contributed by atoms with Crippen LogP contribution in [0.5, 0.6) is 0 Å². The van der Waals surface area contributed by atoms with Crippen molar-refractivity contribution in [3.63, 3.8) is 0 Å². The van der Waals surface area contributed by atoms with Gasteiger partial charge in [0.15, 0.2) is 0 Å². The topological polar surface area (TPSA) is 66.5 Å². The summed E-state index contributed by atoms with van der Waals surface area (Å²) in [5.74, 6) is -0.169. The van der Waals surface area contributed by atoms with Crippen molar-refractivity contribution in [2.24, 2.45) is 0 Å². The number of benzene rings is 3. The fraction of sp³-hybridized carbons (Fsp3) is 0.240. The van der Waals surface area contributed by atoms with Gasteiger partial charge in [0, 0.05) is 5.56 Å². The van der Waals surface area contributed by atoms with Gasteiger partial charge in [-0.1, -0.05) is 48.5 Å². The van der Waals surface area contributed by atoms with Gasteiger partial charge in [0.1, 0.15) is 0 Å². The number of carbonyl (C=O) groups is 1. The summed E-state index contributed by atoms with van der Waals surface area (Å²) >= 11 is 0. The van der Waals surface area contributed by atoms with Crippen molar-refractivity contribution in [1.82, 2.24) is 5.32 Å². The molecule has 0 fully saturated rings. The van der Waals surface area contributed by atoms with Crippen LogP contribution in [0.2, 0.25) is 0 Å². The second-order valence-electron chi connectivity index (χ2n) is 7.84. The summed E-state index contributed by atoms with van der Waals surface area (Å²) in [4.78, 5) is 12.6. The van der Waals surface area contributed by atoms with Crippen LogP contribution < -0.4 is 9.62 Å².